The molecular formula is C14H21FN2O. The van der Waals surface area contributed by atoms with Gasteiger partial charge in [0.15, 0.2) is 0 Å². The second kappa shape index (κ2) is 6.50. The quantitative estimate of drug-likeness (QED) is 0.845. The monoisotopic (exact) mass is 252 g/mol. The Kier molecular flexibility index (Phi) is 5.28. The van der Waals surface area contributed by atoms with Crippen molar-refractivity contribution in [2.75, 3.05) is 0 Å². The minimum absolute atomic E-state index is 0.144. The van der Waals surface area contributed by atoms with Gasteiger partial charge in [-0.05, 0) is 30.5 Å². The van der Waals surface area contributed by atoms with E-state index in [1.807, 2.05) is 20.8 Å². The summed E-state index contributed by atoms with van der Waals surface area (Å²) in [7, 11) is 0. The van der Waals surface area contributed by atoms with E-state index in [0.717, 1.165) is 12.0 Å². The zero-order valence-corrected chi connectivity index (χ0v) is 11.1. The second-order valence-electron chi connectivity index (χ2n) is 4.69. The van der Waals surface area contributed by atoms with E-state index in [1.165, 1.54) is 12.1 Å². The van der Waals surface area contributed by atoms with Crippen LogP contribution in [0.4, 0.5) is 4.39 Å². The smallest absolute Gasteiger partial charge is 0.237 e. The van der Waals surface area contributed by atoms with Crippen LogP contribution in [0.25, 0.3) is 0 Å². The van der Waals surface area contributed by atoms with Crippen molar-refractivity contribution >= 4 is 5.91 Å². The summed E-state index contributed by atoms with van der Waals surface area (Å²) >= 11 is 0. The summed E-state index contributed by atoms with van der Waals surface area (Å²) in [4.78, 5) is 11.9. The van der Waals surface area contributed by atoms with E-state index in [4.69, 9.17) is 5.73 Å². The minimum atomic E-state index is -0.502. The van der Waals surface area contributed by atoms with Crippen molar-refractivity contribution in [3.8, 4) is 0 Å². The summed E-state index contributed by atoms with van der Waals surface area (Å²) in [5.74, 6) is -0.305. The lowest BCUT2D eigenvalue weighted by molar-refractivity contribution is -0.124. The number of amides is 1. The highest BCUT2D eigenvalue weighted by molar-refractivity contribution is 5.82. The molecule has 100 valence electrons. The van der Waals surface area contributed by atoms with Gasteiger partial charge >= 0.3 is 0 Å². The lowest BCUT2D eigenvalue weighted by atomic mass is 9.98. The third kappa shape index (κ3) is 3.81. The van der Waals surface area contributed by atoms with E-state index >= 15 is 0 Å². The molecule has 3 atom stereocenters. The Balaban J connectivity index is 2.61. The first kappa shape index (κ1) is 14.6. The van der Waals surface area contributed by atoms with Crippen LogP contribution in [0.2, 0.25) is 0 Å². The van der Waals surface area contributed by atoms with Gasteiger partial charge in [-0.1, -0.05) is 32.4 Å². The van der Waals surface area contributed by atoms with Crippen molar-refractivity contribution < 1.29 is 9.18 Å². The maximum Gasteiger partial charge on any atom is 0.237 e. The Labute approximate surface area is 108 Å². The van der Waals surface area contributed by atoms with Gasteiger partial charge in [-0.2, -0.15) is 0 Å². The molecule has 0 aromatic heterocycles. The SMILES string of the molecule is CCC(C)[C@H](N)C(=O)N[C@@H](C)c1ccc(F)cc1. The molecule has 4 heteroatoms. The highest BCUT2D eigenvalue weighted by Crippen LogP contribution is 2.14. The highest BCUT2D eigenvalue weighted by Gasteiger charge is 2.21. The molecule has 0 saturated heterocycles. The van der Waals surface area contributed by atoms with E-state index < -0.39 is 6.04 Å². The van der Waals surface area contributed by atoms with E-state index in [1.54, 1.807) is 12.1 Å². The van der Waals surface area contributed by atoms with Crippen molar-refractivity contribution in [1.29, 1.82) is 0 Å². The zero-order chi connectivity index (χ0) is 13.7. The molecule has 0 radical (unpaired) electrons. The van der Waals surface area contributed by atoms with Crippen LogP contribution in [0.3, 0.4) is 0 Å². The maximum atomic E-state index is 12.8. The Bertz CT molecular complexity index is 391. The maximum absolute atomic E-state index is 12.8. The van der Waals surface area contributed by atoms with E-state index in [-0.39, 0.29) is 23.7 Å². The Morgan fingerprint density at radius 2 is 1.89 bits per heavy atom. The molecule has 3 nitrogen and oxygen atoms in total. The average molecular weight is 252 g/mol. The molecule has 0 fully saturated rings. The summed E-state index contributed by atoms with van der Waals surface area (Å²) in [5, 5.41) is 2.84. The van der Waals surface area contributed by atoms with Crippen LogP contribution in [0.5, 0.6) is 0 Å². The van der Waals surface area contributed by atoms with Crippen molar-refractivity contribution in [2.45, 2.75) is 39.3 Å². The zero-order valence-electron chi connectivity index (χ0n) is 11.1. The number of carbonyl (C=O) groups excluding carboxylic acids is 1. The lowest BCUT2D eigenvalue weighted by Gasteiger charge is -2.21. The van der Waals surface area contributed by atoms with Gasteiger partial charge in [0.2, 0.25) is 5.91 Å². The number of rotatable bonds is 5. The number of hydrogen-bond acceptors (Lipinski definition) is 2. The molecule has 0 bridgehead atoms. The fourth-order valence-corrected chi connectivity index (χ4v) is 1.66. The molecular weight excluding hydrogens is 231 g/mol. The molecule has 18 heavy (non-hydrogen) atoms. The fraction of sp³-hybridized carbons (Fsp3) is 0.500. The fourth-order valence-electron chi connectivity index (χ4n) is 1.66. The first-order chi connectivity index (χ1) is 8.45. The summed E-state index contributed by atoms with van der Waals surface area (Å²) < 4.78 is 12.8. The first-order valence-electron chi connectivity index (χ1n) is 6.27. The molecule has 0 aliphatic rings. The minimum Gasteiger partial charge on any atom is -0.348 e. The van der Waals surface area contributed by atoms with Crippen LogP contribution < -0.4 is 11.1 Å². The van der Waals surface area contributed by atoms with Gasteiger partial charge in [-0.3, -0.25) is 4.79 Å². The summed E-state index contributed by atoms with van der Waals surface area (Å²) in [6.07, 6.45) is 0.861. The van der Waals surface area contributed by atoms with Crippen LogP contribution in [-0.4, -0.2) is 11.9 Å². The van der Waals surface area contributed by atoms with Gasteiger partial charge in [0.25, 0.3) is 0 Å². The Morgan fingerprint density at radius 1 is 1.33 bits per heavy atom. The van der Waals surface area contributed by atoms with Gasteiger partial charge in [0.05, 0.1) is 12.1 Å². The molecule has 1 rings (SSSR count). The summed E-state index contributed by atoms with van der Waals surface area (Å²) in [5.41, 5.74) is 6.71. The van der Waals surface area contributed by atoms with Crippen LogP contribution >= 0.6 is 0 Å². The standard InChI is InChI=1S/C14H21FN2O/c1-4-9(2)13(16)14(18)17-10(3)11-5-7-12(15)8-6-11/h5-10,13H,4,16H2,1-3H3,(H,17,18)/t9?,10-,13-/m0/s1. The van der Waals surface area contributed by atoms with Gasteiger partial charge in [-0.15, -0.1) is 0 Å². The Morgan fingerprint density at radius 3 is 2.39 bits per heavy atom. The van der Waals surface area contributed by atoms with Gasteiger partial charge < -0.3 is 11.1 Å². The molecule has 1 aromatic rings. The number of nitrogens with one attached hydrogen (secondary N) is 1. The van der Waals surface area contributed by atoms with Crippen molar-refractivity contribution in [2.24, 2.45) is 11.7 Å². The van der Waals surface area contributed by atoms with E-state index in [2.05, 4.69) is 5.32 Å². The third-order valence-electron chi connectivity index (χ3n) is 3.29. The number of halogens is 1. The van der Waals surface area contributed by atoms with E-state index in [9.17, 15) is 9.18 Å². The summed E-state index contributed by atoms with van der Waals surface area (Å²) in [6.45, 7) is 5.81. The number of nitrogens with two attached hydrogens (primary N) is 1. The predicted molar refractivity (Wildman–Crippen MR) is 70.4 cm³/mol. The summed E-state index contributed by atoms with van der Waals surface area (Å²) in [6, 6.07) is 5.41. The molecule has 1 aromatic carbocycles. The Hall–Kier alpha value is -1.42. The van der Waals surface area contributed by atoms with Gasteiger partial charge in [0, 0.05) is 0 Å². The molecule has 1 unspecified atom stereocenters. The van der Waals surface area contributed by atoms with Crippen LogP contribution in [0.15, 0.2) is 24.3 Å². The normalized spacial score (nSPS) is 15.8. The van der Waals surface area contributed by atoms with Crippen LogP contribution in [0, 0.1) is 11.7 Å². The van der Waals surface area contributed by atoms with Crippen molar-refractivity contribution in [3.63, 3.8) is 0 Å². The largest absolute Gasteiger partial charge is 0.348 e. The molecule has 0 heterocycles. The van der Waals surface area contributed by atoms with Gasteiger partial charge in [0.1, 0.15) is 5.82 Å². The highest BCUT2D eigenvalue weighted by atomic mass is 19.1. The molecule has 3 N–H and O–H groups in total. The number of hydrogen-bond donors (Lipinski definition) is 2. The molecule has 0 aliphatic carbocycles. The second-order valence-corrected chi connectivity index (χ2v) is 4.69. The molecule has 1 amide bonds. The molecule has 0 aliphatic heterocycles. The third-order valence-corrected chi connectivity index (χ3v) is 3.29. The van der Waals surface area contributed by atoms with Crippen LogP contribution in [-0.2, 0) is 4.79 Å². The number of carbonyl (C=O) groups is 1. The van der Waals surface area contributed by atoms with Crippen LogP contribution in [0.1, 0.15) is 38.8 Å². The lowest BCUT2D eigenvalue weighted by Crippen LogP contribution is -2.45. The van der Waals surface area contributed by atoms with Crippen molar-refractivity contribution in [1.82, 2.24) is 5.32 Å². The van der Waals surface area contributed by atoms with E-state index in [0.29, 0.717) is 0 Å². The topological polar surface area (TPSA) is 55.1 Å². The average Bonchev–Trinajstić information content (AvgIpc) is 2.37. The molecule has 0 saturated carbocycles. The van der Waals surface area contributed by atoms with Crippen molar-refractivity contribution in [3.05, 3.63) is 35.6 Å². The molecule has 0 spiro atoms. The first-order valence-corrected chi connectivity index (χ1v) is 6.27. The predicted octanol–water partition coefficient (Wildman–Crippen LogP) is 2.38. The van der Waals surface area contributed by atoms with Gasteiger partial charge in [-0.25, -0.2) is 4.39 Å². The number of benzene rings is 1.